The van der Waals surface area contributed by atoms with E-state index in [1.54, 1.807) is 14.2 Å². The van der Waals surface area contributed by atoms with Crippen LogP contribution in [0.15, 0.2) is 34.9 Å². The van der Waals surface area contributed by atoms with E-state index in [2.05, 4.69) is 15.5 Å². The third-order valence-electron chi connectivity index (χ3n) is 6.40. The molecule has 5 rings (SSSR count). The van der Waals surface area contributed by atoms with Crippen molar-refractivity contribution in [3.8, 4) is 5.75 Å². The van der Waals surface area contributed by atoms with Crippen LogP contribution in [0.5, 0.6) is 5.75 Å². The van der Waals surface area contributed by atoms with Gasteiger partial charge < -0.3 is 19.5 Å². The van der Waals surface area contributed by atoms with Crippen molar-refractivity contribution < 1.29 is 18.8 Å². The predicted octanol–water partition coefficient (Wildman–Crippen LogP) is 3.03. The van der Waals surface area contributed by atoms with E-state index >= 15 is 0 Å². The Hall–Kier alpha value is -3.42. The Balaban J connectivity index is 1.36. The second-order valence-corrected chi connectivity index (χ2v) is 8.55. The highest BCUT2D eigenvalue weighted by Crippen LogP contribution is 2.41. The Kier molecular flexibility index (Phi) is 5.28. The maximum absolute atomic E-state index is 12.9. The number of carbonyl (C=O) groups is 2. The molecule has 1 aromatic carbocycles. The van der Waals surface area contributed by atoms with Crippen molar-refractivity contribution in [1.29, 1.82) is 0 Å². The van der Waals surface area contributed by atoms with Gasteiger partial charge in [-0.2, -0.15) is 0 Å². The SMILES string of the molecule is CNC(=O)c1cc(C2CC2)nc2onc(C3CCN(C(=O)Cc4ccc(OC)cc4)C3)c12. The number of hydrogen-bond donors (Lipinski definition) is 1. The van der Waals surface area contributed by atoms with Crippen LogP contribution in [0, 0.1) is 0 Å². The summed E-state index contributed by atoms with van der Waals surface area (Å²) in [6, 6.07) is 9.42. The standard InChI is InChI=1S/C24H26N4O4/c1-25-23(30)18-12-19(15-5-6-15)26-24-21(18)22(27-32-24)16-9-10-28(13-16)20(29)11-14-3-7-17(31-2)8-4-14/h3-4,7-8,12,15-16H,5-6,9-11,13H2,1-2H3,(H,25,30). The minimum Gasteiger partial charge on any atom is -0.497 e. The third-order valence-corrected chi connectivity index (χ3v) is 6.40. The molecule has 3 aromatic rings. The summed E-state index contributed by atoms with van der Waals surface area (Å²) < 4.78 is 10.8. The van der Waals surface area contributed by atoms with Crippen LogP contribution in [0.4, 0.5) is 0 Å². The van der Waals surface area contributed by atoms with Crippen LogP contribution in [0.25, 0.3) is 11.1 Å². The van der Waals surface area contributed by atoms with Gasteiger partial charge in [-0.25, -0.2) is 4.98 Å². The first-order chi connectivity index (χ1) is 15.6. The number of aromatic nitrogens is 2. The summed E-state index contributed by atoms with van der Waals surface area (Å²) in [5.74, 6) is 1.08. The maximum atomic E-state index is 12.9. The Morgan fingerprint density at radius 3 is 2.66 bits per heavy atom. The van der Waals surface area contributed by atoms with Crippen molar-refractivity contribution in [3.63, 3.8) is 0 Å². The average molecular weight is 434 g/mol. The zero-order valence-corrected chi connectivity index (χ0v) is 18.3. The molecular formula is C24H26N4O4. The minimum absolute atomic E-state index is 0.00745. The lowest BCUT2D eigenvalue weighted by atomic mass is 9.98. The lowest BCUT2D eigenvalue weighted by Crippen LogP contribution is -2.30. The fourth-order valence-corrected chi connectivity index (χ4v) is 4.41. The molecule has 1 atom stereocenters. The molecular weight excluding hydrogens is 408 g/mol. The quantitative estimate of drug-likeness (QED) is 0.641. The molecule has 8 nitrogen and oxygen atoms in total. The molecule has 1 saturated carbocycles. The maximum Gasteiger partial charge on any atom is 0.259 e. The van der Waals surface area contributed by atoms with Crippen LogP contribution in [0.2, 0.25) is 0 Å². The van der Waals surface area contributed by atoms with Crippen LogP contribution >= 0.6 is 0 Å². The molecule has 2 aromatic heterocycles. The topological polar surface area (TPSA) is 97.6 Å². The normalized spacial score (nSPS) is 18.2. The number of nitrogens with one attached hydrogen (secondary N) is 1. The Morgan fingerprint density at radius 2 is 1.97 bits per heavy atom. The third kappa shape index (κ3) is 3.81. The molecule has 1 aliphatic carbocycles. The number of ether oxygens (including phenoxy) is 1. The van der Waals surface area contributed by atoms with Gasteiger partial charge in [0.25, 0.3) is 11.6 Å². The minimum atomic E-state index is -0.172. The summed E-state index contributed by atoms with van der Waals surface area (Å²) >= 11 is 0. The van der Waals surface area contributed by atoms with E-state index in [0.29, 0.717) is 47.8 Å². The van der Waals surface area contributed by atoms with Crippen molar-refractivity contribution in [2.24, 2.45) is 0 Å². The molecule has 0 bridgehead atoms. The molecule has 32 heavy (non-hydrogen) atoms. The van der Waals surface area contributed by atoms with Crippen molar-refractivity contribution in [3.05, 3.63) is 52.8 Å². The average Bonchev–Trinajstić information content (AvgIpc) is 3.40. The molecule has 2 fully saturated rings. The molecule has 1 N–H and O–H groups in total. The molecule has 1 aliphatic heterocycles. The second kappa shape index (κ2) is 8.26. The lowest BCUT2D eigenvalue weighted by molar-refractivity contribution is -0.129. The Bertz CT molecular complexity index is 1170. The zero-order valence-electron chi connectivity index (χ0n) is 18.3. The summed E-state index contributed by atoms with van der Waals surface area (Å²) in [6.07, 6.45) is 3.28. The number of carbonyl (C=O) groups excluding carboxylic acids is 2. The first-order valence-corrected chi connectivity index (χ1v) is 11.0. The summed E-state index contributed by atoms with van der Waals surface area (Å²) in [5.41, 5.74) is 3.52. The lowest BCUT2D eigenvalue weighted by Gasteiger charge is -2.16. The van der Waals surface area contributed by atoms with E-state index < -0.39 is 0 Å². The second-order valence-electron chi connectivity index (χ2n) is 8.55. The molecule has 8 heteroatoms. The smallest absolute Gasteiger partial charge is 0.259 e. The van der Waals surface area contributed by atoms with Crippen LogP contribution in [0.1, 0.15) is 58.4 Å². The van der Waals surface area contributed by atoms with Crippen molar-refractivity contribution in [2.75, 3.05) is 27.2 Å². The predicted molar refractivity (Wildman–Crippen MR) is 118 cm³/mol. The van der Waals surface area contributed by atoms with Gasteiger partial charge in [-0.15, -0.1) is 0 Å². The van der Waals surface area contributed by atoms with Gasteiger partial charge in [-0.3, -0.25) is 9.59 Å². The van der Waals surface area contributed by atoms with E-state index in [-0.39, 0.29) is 17.7 Å². The molecule has 1 unspecified atom stereocenters. The summed E-state index contributed by atoms with van der Waals surface area (Å²) in [7, 11) is 3.24. The van der Waals surface area contributed by atoms with Gasteiger partial charge in [0.1, 0.15) is 5.75 Å². The van der Waals surface area contributed by atoms with E-state index in [9.17, 15) is 9.59 Å². The fraction of sp³-hybridized carbons (Fsp3) is 0.417. The first-order valence-electron chi connectivity index (χ1n) is 11.0. The zero-order chi connectivity index (χ0) is 22.2. The van der Waals surface area contributed by atoms with Crippen molar-refractivity contribution in [1.82, 2.24) is 20.4 Å². The van der Waals surface area contributed by atoms with E-state index in [0.717, 1.165) is 36.3 Å². The van der Waals surface area contributed by atoms with Gasteiger partial charge in [-0.1, -0.05) is 17.3 Å². The van der Waals surface area contributed by atoms with Gasteiger partial charge in [0, 0.05) is 37.7 Å². The number of fused-ring (bicyclic) bond motifs is 1. The number of hydrogen-bond acceptors (Lipinski definition) is 6. The van der Waals surface area contributed by atoms with Crippen molar-refractivity contribution in [2.45, 2.75) is 37.5 Å². The number of benzene rings is 1. The van der Waals surface area contributed by atoms with Gasteiger partial charge >= 0.3 is 0 Å². The first kappa shape index (κ1) is 20.5. The number of pyridine rings is 1. The van der Waals surface area contributed by atoms with Crippen LogP contribution in [-0.2, 0) is 11.2 Å². The van der Waals surface area contributed by atoms with Crippen LogP contribution in [0.3, 0.4) is 0 Å². The fourth-order valence-electron chi connectivity index (χ4n) is 4.41. The van der Waals surface area contributed by atoms with Crippen molar-refractivity contribution >= 4 is 22.9 Å². The number of likely N-dealkylation sites (tertiary alicyclic amines) is 1. The molecule has 2 aliphatic rings. The van der Waals surface area contributed by atoms with Gasteiger partial charge in [0.15, 0.2) is 0 Å². The molecule has 0 spiro atoms. The molecule has 166 valence electrons. The Labute approximate surface area is 185 Å². The van der Waals surface area contributed by atoms with Gasteiger partial charge in [0.05, 0.1) is 30.2 Å². The highest BCUT2D eigenvalue weighted by molar-refractivity contribution is 6.06. The molecule has 0 radical (unpaired) electrons. The number of nitrogens with zero attached hydrogens (tertiary/aromatic N) is 3. The van der Waals surface area contributed by atoms with Crippen LogP contribution < -0.4 is 10.1 Å². The van der Waals surface area contributed by atoms with E-state index in [1.807, 2.05) is 35.2 Å². The summed E-state index contributed by atoms with van der Waals surface area (Å²) in [5, 5.41) is 7.69. The largest absolute Gasteiger partial charge is 0.497 e. The Morgan fingerprint density at radius 1 is 1.19 bits per heavy atom. The summed E-state index contributed by atoms with van der Waals surface area (Å²) in [6.45, 7) is 1.20. The highest BCUT2D eigenvalue weighted by Gasteiger charge is 2.34. The van der Waals surface area contributed by atoms with E-state index in [1.165, 1.54) is 0 Å². The highest BCUT2D eigenvalue weighted by atomic mass is 16.5. The van der Waals surface area contributed by atoms with Gasteiger partial charge in [-0.05, 0) is 43.0 Å². The van der Waals surface area contributed by atoms with Gasteiger partial charge in [0.2, 0.25) is 5.91 Å². The number of amides is 2. The monoisotopic (exact) mass is 434 g/mol. The van der Waals surface area contributed by atoms with E-state index in [4.69, 9.17) is 9.26 Å². The number of methoxy groups -OCH3 is 1. The molecule has 2 amide bonds. The molecule has 1 saturated heterocycles. The number of rotatable bonds is 6. The van der Waals surface area contributed by atoms with Crippen LogP contribution in [-0.4, -0.2) is 54.1 Å². The molecule has 3 heterocycles. The summed E-state index contributed by atoms with van der Waals surface area (Å²) in [4.78, 5) is 32.0.